The Kier molecular flexibility index (Phi) is 1.85. The third-order valence-corrected chi connectivity index (χ3v) is 1.87. The molecule has 72 valence electrons. The lowest BCUT2D eigenvalue weighted by atomic mass is 10.2. The van der Waals surface area contributed by atoms with Crippen LogP contribution in [0.3, 0.4) is 0 Å². The molecule has 0 aliphatic rings. The van der Waals surface area contributed by atoms with Gasteiger partial charge in [-0.1, -0.05) is 0 Å². The van der Waals surface area contributed by atoms with Gasteiger partial charge in [0.2, 0.25) is 0 Å². The van der Waals surface area contributed by atoms with Crippen molar-refractivity contribution in [2.75, 3.05) is 0 Å². The summed E-state index contributed by atoms with van der Waals surface area (Å²) in [6.07, 6.45) is 2.57. The van der Waals surface area contributed by atoms with Crippen LogP contribution in [-0.2, 0) is 0 Å². The summed E-state index contributed by atoms with van der Waals surface area (Å²) in [6.45, 7) is 1.73. The molecule has 14 heavy (non-hydrogen) atoms. The van der Waals surface area contributed by atoms with Crippen molar-refractivity contribution >= 4 is 5.97 Å². The molecule has 0 atom stereocenters. The van der Waals surface area contributed by atoms with E-state index in [1.165, 1.54) is 6.26 Å². The van der Waals surface area contributed by atoms with E-state index in [0.29, 0.717) is 11.3 Å². The molecule has 0 amide bonds. The Morgan fingerprint density at radius 3 is 2.86 bits per heavy atom. The highest BCUT2D eigenvalue weighted by molar-refractivity contribution is 5.92. The van der Waals surface area contributed by atoms with Gasteiger partial charge in [0.25, 0.3) is 0 Å². The molecule has 0 saturated heterocycles. The second-order valence-corrected chi connectivity index (χ2v) is 2.73. The number of hydrogen-bond acceptors (Lipinski definition) is 4. The van der Waals surface area contributed by atoms with Crippen LogP contribution in [0.2, 0.25) is 0 Å². The Balaban J connectivity index is 2.57. The van der Waals surface area contributed by atoms with Crippen LogP contribution >= 0.6 is 0 Å². The third kappa shape index (κ3) is 1.19. The van der Waals surface area contributed by atoms with E-state index >= 15 is 0 Å². The molecule has 0 aliphatic carbocycles. The summed E-state index contributed by atoms with van der Waals surface area (Å²) in [5, 5.41) is 8.79. The van der Waals surface area contributed by atoms with Gasteiger partial charge in [0.05, 0.1) is 11.8 Å². The number of aryl methyl sites for hydroxylation is 1. The monoisotopic (exact) mass is 193 g/mol. The number of nitrogens with zero attached hydrogens (tertiary/aromatic N) is 1. The van der Waals surface area contributed by atoms with Gasteiger partial charge in [0.1, 0.15) is 5.76 Å². The Morgan fingerprint density at radius 2 is 2.29 bits per heavy atom. The molecule has 0 spiro atoms. The van der Waals surface area contributed by atoms with Crippen molar-refractivity contribution in [3.8, 4) is 11.3 Å². The van der Waals surface area contributed by atoms with E-state index in [1.54, 1.807) is 13.0 Å². The predicted molar refractivity (Wildman–Crippen MR) is 45.9 cm³/mol. The molecule has 0 radical (unpaired) electrons. The van der Waals surface area contributed by atoms with Crippen molar-refractivity contribution in [3.63, 3.8) is 0 Å². The fourth-order valence-corrected chi connectivity index (χ4v) is 1.21. The van der Waals surface area contributed by atoms with Gasteiger partial charge in [0.15, 0.2) is 17.8 Å². The molecular weight excluding hydrogens is 186 g/mol. The quantitative estimate of drug-likeness (QED) is 0.788. The summed E-state index contributed by atoms with van der Waals surface area (Å²) in [4.78, 5) is 14.3. The molecule has 2 rings (SSSR count). The van der Waals surface area contributed by atoms with Gasteiger partial charge in [-0.15, -0.1) is 0 Å². The smallest absolute Gasteiger partial charge is 0.358 e. The molecule has 0 bridgehead atoms. The predicted octanol–water partition coefficient (Wildman–Crippen LogP) is 1.94. The molecule has 0 aliphatic heterocycles. The Labute approximate surface area is 79.0 Å². The number of rotatable bonds is 2. The molecule has 5 nitrogen and oxygen atoms in total. The van der Waals surface area contributed by atoms with Crippen molar-refractivity contribution < 1.29 is 18.7 Å². The lowest BCUT2D eigenvalue weighted by Gasteiger charge is -1.93. The maximum atomic E-state index is 10.7. The minimum Gasteiger partial charge on any atom is -0.476 e. The largest absolute Gasteiger partial charge is 0.476 e. The topological polar surface area (TPSA) is 76.5 Å². The van der Waals surface area contributed by atoms with Crippen molar-refractivity contribution in [3.05, 3.63) is 30.2 Å². The number of carboxylic acids is 1. The number of hydrogen-bond donors (Lipinski definition) is 1. The Hall–Kier alpha value is -2.04. The van der Waals surface area contributed by atoms with Crippen LogP contribution in [0.1, 0.15) is 16.2 Å². The van der Waals surface area contributed by atoms with Crippen molar-refractivity contribution in [2.45, 2.75) is 6.92 Å². The number of furan rings is 1. The van der Waals surface area contributed by atoms with Gasteiger partial charge in [-0.2, -0.15) is 0 Å². The molecule has 2 aromatic rings. The molecule has 2 aromatic heterocycles. The number of aromatic nitrogens is 1. The molecule has 2 heterocycles. The van der Waals surface area contributed by atoms with E-state index in [1.807, 2.05) is 0 Å². The maximum Gasteiger partial charge on any atom is 0.358 e. The molecular formula is C9H7NO4. The molecule has 0 aromatic carbocycles. The maximum absolute atomic E-state index is 10.7. The Morgan fingerprint density at radius 1 is 1.50 bits per heavy atom. The van der Waals surface area contributed by atoms with E-state index in [-0.39, 0.29) is 11.5 Å². The highest BCUT2D eigenvalue weighted by Crippen LogP contribution is 2.26. The van der Waals surface area contributed by atoms with Gasteiger partial charge < -0.3 is 13.9 Å². The van der Waals surface area contributed by atoms with Crippen LogP contribution < -0.4 is 0 Å². The van der Waals surface area contributed by atoms with Gasteiger partial charge >= 0.3 is 5.97 Å². The van der Waals surface area contributed by atoms with E-state index in [2.05, 4.69) is 4.98 Å². The average Bonchev–Trinajstić information content (AvgIpc) is 2.70. The van der Waals surface area contributed by atoms with E-state index in [4.69, 9.17) is 13.9 Å². The summed E-state index contributed by atoms with van der Waals surface area (Å²) in [7, 11) is 0. The number of carboxylic acid groups (broad SMARTS) is 1. The van der Waals surface area contributed by atoms with E-state index in [9.17, 15) is 4.79 Å². The average molecular weight is 193 g/mol. The number of carbonyl (C=O) groups is 1. The van der Waals surface area contributed by atoms with Gasteiger partial charge in [-0.3, -0.25) is 0 Å². The molecule has 0 saturated carbocycles. The van der Waals surface area contributed by atoms with Crippen LogP contribution in [0.25, 0.3) is 11.3 Å². The molecule has 0 fully saturated rings. The highest BCUT2D eigenvalue weighted by Gasteiger charge is 2.19. The first-order valence-electron chi connectivity index (χ1n) is 3.91. The van der Waals surface area contributed by atoms with E-state index < -0.39 is 5.97 Å². The zero-order valence-electron chi connectivity index (χ0n) is 7.35. The van der Waals surface area contributed by atoms with Gasteiger partial charge in [-0.05, 0) is 13.0 Å². The minimum atomic E-state index is -1.12. The van der Waals surface area contributed by atoms with Crippen molar-refractivity contribution in [1.82, 2.24) is 4.98 Å². The van der Waals surface area contributed by atoms with Crippen LogP contribution in [-0.4, -0.2) is 16.1 Å². The normalized spacial score (nSPS) is 10.4. The van der Waals surface area contributed by atoms with Crippen LogP contribution in [0.5, 0.6) is 0 Å². The standard InChI is InChI=1S/C9H7NO4/c1-5-6(2-3-13-5)8-7(9(11)12)10-4-14-8/h2-4H,1H3,(H,11,12). The second kappa shape index (κ2) is 3.02. The first kappa shape index (κ1) is 8.55. The fourth-order valence-electron chi connectivity index (χ4n) is 1.21. The van der Waals surface area contributed by atoms with Crippen LogP contribution in [0.4, 0.5) is 0 Å². The van der Waals surface area contributed by atoms with Crippen LogP contribution in [0, 0.1) is 6.92 Å². The lowest BCUT2D eigenvalue weighted by molar-refractivity contribution is 0.0691. The van der Waals surface area contributed by atoms with Crippen molar-refractivity contribution in [2.24, 2.45) is 0 Å². The van der Waals surface area contributed by atoms with Crippen molar-refractivity contribution in [1.29, 1.82) is 0 Å². The highest BCUT2D eigenvalue weighted by atomic mass is 16.4. The second-order valence-electron chi connectivity index (χ2n) is 2.73. The Bertz CT molecular complexity index is 469. The summed E-state index contributed by atoms with van der Waals surface area (Å²) in [5.41, 5.74) is 0.509. The third-order valence-electron chi connectivity index (χ3n) is 1.87. The number of oxazole rings is 1. The zero-order valence-corrected chi connectivity index (χ0v) is 7.35. The van der Waals surface area contributed by atoms with E-state index in [0.717, 1.165) is 6.39 Å². The fraction of sp³-hybridized carbons (Fsp3) is 0.111. The first-order valence-corrected chi connectivity index (χ1v) is 3.91. The SMILES string of the molecule is Cc1occc1-c1ocnc1C(=O)O. The molecule has 0 unspecified atom stereocenters. The van der Waals surface area contributed by atoms with Crippen LogP contribution in [0.15, 0.2) is 27.6 Å². The van der Waals surface area contributed by atoms with Gasteiger partial charge in [-0.25, -0.2) is 9.78 Å². The summed E-state index contributed by atoms with van der Waals surface area (Å²) in [6, 6.07) is 1.64. The minimum absolute atomic E-state index is 0.102. The van der Waals surface area contributed by atoms with Gasteiger partial charge in [0, 0.05) is 0 Å². The molecule has 1 N–H and O–H groups in total. The summed E-state index contributed by atoms with van der Waals surface area (Å²) in [5.74, 6) is -0.289. The first-order chi connectivity index (χ1) is 6.70. The number of aromatic carboxylic acids is 1. The molecule has 5 heteroatoms. The summed E-state index contributed by atoms with van der Waals surface area (Å²) < 4.78 is 10.0. The summed E-state index contributed by atoms with van der Waals surface area (Å²) >= 11 is 0. The zero-order chi connectivity index (χ0) is 10.1. The lowest BCUT2D eigenvalue weighted by Crippen LogP contribution is -1.98.